The van der Waals surface area contributed by atoms with Crippen molar-refractivity contribution in [2.45, 2.75) is 13.0 Å². The number of ether oxygens (including phenoxy) is 1. The van der Waals surface area contributed by atoms with Crippen LogP contribution in [0.25, 0.3) is 0 Å². The summed E-state index contributed by atoms with van der Waals surface area (Å²) < 4.78 is 29.1. The van der Waals surface area contributed by atoms with Gasteiger partial charge in [0.15, 0.2) is 0 Å². The summed E-state index contributed by atoms with van der Waals surface area (Å²) in [7, 11) is 0. The van der Waals surface area contributed by atoms with E-state index in [1.807, 2.05) is 0 Å². The number of hydrogen-bond acceptors (Lipinski definition) is 2. The van der Waals surface area contributed by atoms with Gasteiger partial charge in [-0.2, -0.15) is 0 Å². The van der Waals surface area contributed by atoms with Gasteiger partial charge in [0, 0.05) is 10.6 Å². The van der Waals surface area contributed by atoms with Crippen LogP contribution in [0.4, 0.5) is 8.78 Å². The molecule has 0 saturated heterocycles. The Kier molecular flexibility index (Phi) is 3.83. The predicted octanol–water partition coefficient (Wildman–Crippen LogP) is 2.95. The van der Waals surface area contributed by atoms with E-state index >= 15 is 0 Å². The van der Waals surface area contributed by atoms with Crippen LogP contribution >= 0.6 is 11.6 Å². The Morgan fingerprint density at radius 1 is 1.50 bits per heavy atom. The summed E-state index contributed by atoms with van der Waals surface area (Å²) in [4.78, 5) is 9.87. The summed E-state index contributed by atoms with van der Waals surface area (Å²) in [5.74, 6) is 0. The molecule has 0 unspecified atom stereocenters. The molecule has 76 valence electrons. The van der Waals surface area contributed by atoms with E-state index in [4.69, 9.17) is 11.6 Å². The first-order chi connectivity index (χ1) is 6.65. The van der Waals surface area contributed by atoms with E-state index in [1.165, 1.54) is 18.2 Å². The summed E-state index contributed by atoms with van der Waals surface area (Å²) in [6.07, 6.45) is -2.63. The maximum Gasteiger partial charge on any atom is 0.293 e. The summed E-state index contributed by atoms with van der Waals surface area (Å²) >= 11 is 5.53. The Hall–Kier alpha value is -1.16. The molecule has 0 aliphatic carbocycles. The number of hydrogen-bond donors (Lipinski definition) is 0. The minimum atomic E-state index is -2.63. The Morgan fingerprint density at radius 2 is 2.21 bits per heavy atom. The second-order valence-corrected chi connectivity index (χ2v) is 2.97. The number of halogens is 3. The van der Waals surface area contributed by atoms with Crippen LogP contribution < -0.4 is 0 Å². The molecular formula is C9H7ClF2O2. The molecule has 0 fully saturated rings. The Morgan fingerprint density at radius 3 is 2.79 bits per heavy atom. The maximum atomic E-state index is 12.3. The Bertz CT molecular complexity index is 329. The summed E-state index contributed by atoms with van der Waals surface area (Å²) in [6.45, 7) is 0.233. The average molecular weight is 221 g/mol. The lowest BCUT2D eigenvalue weighted by Crippen LogP contribution is -1.93. The van der Waals surface area contributed by atoms with E-state index in [0.29, 0.717) is 5.56 Å². The van der Waals surface area contributed by atoms with Crippen LogP contribution in [0.5, 0.6) is 0 Å². The van der Waals surface area contributed by atoms with Crippen molar-refractivity contribution in [3.05, 3.63) is 34.3 Å². The normalized spacial score (nSPS) is 10.3. The van der Waals surface area contributed by atoms with Gasteiger partial charge in [0.1, 0.15) is 6.61 Å². The van der Waals surface area contributed by atoms with E-state index in [1.54, 1.807) is 0 Å². The van der Waals surface area contributed by atoms with Crippen LogP contribution in [0.3, 0.4) is 0 Å². The van der Waals surface area contributed by atoms with Crippen LogP contribution in [0.2, 0.25) is 5.02 Å². The van der Waals surface area contributed by atoms with Gasteiger partial charge in [0.05, 0.1) is 0 Å². The second kappa shape index (κ2) is 4.91. The van der Waals surface area contributed by atoms with Gasteiger partial charge in [-0.15, -0.1) is 0 Å². The van der Waals surface area contributed by atoms with E-state index in [9.17, 15) is 13.6 Å². The highest BCUT2D eigenvalue weighted by molar-refractivity contribution is 6.31. The van der Waals surface area contributed by atoms with Crippen molar-refractivity contribution in [3.63, 3.8) is 0 Å². The van der Waals surface area contributed by atoms with Gasteiger partial charge in [-0.25, -0.2) is 8.78 Å². The number of alkyl halides is 2. The fraction of sp³-hybridized carbons (Fsp3) is 0.222. The lowest BCUT2D eigenvalue weighted by molar-refractivity contribution is -0.129. The largest absolute Gasteiger partial charge is 0.463 e. The van der Waals surface area contributed by atoms with Gasteiger partial charge in [-0.3, -0.25) is 4.79 Å². The van der Waals surface area contributed by atoms with Crippen molar-refractivity contribution >= 4 is 18.1 Å². The SMILES string of the molecule is O=COCc1ccc(Cl)c(C(F)F)c1. The molecule has 0 amide bonds. The van der Waals surface area contributed by atoms with Gasteiger partial charge < -0.3 is 4.74 Å². The average Bonchev–Trinajstić information content (AvgIpc) is 2.16. The minimum absolute atomic E-state index is 0.00912. The molecule has 0 N–H and O–H groups in total. The molecular weight excluding hydrogens is 214 g/mol. The van der Waals surface area contributed by atoms with Crippen LogP contribution in [0.15, 0.2) is 18.2 Å². The molecule has 1 rings (SSSR count). The number of rotatable bonds is 4. The second-order valence-electron chi connectivity index (χ2n) is 2.56. The third-order valence-corrected chi connectivity index (χ3v) is 1.96. The molecule has 0 spiro atoms. The van der Waals surface area contributed by atoms with Gasteiger partial charge >= 0.3 is 0 Å². The van der Waals surface area contributed by atoms with Crippen LogP contribution in [0.1, 0.15) is 17.6 Å². The van der Waals surface area contributed by atoms with Crippen LogP contribution in [-0.2, 0) is 16.1 Å². The number of carbonyl (C=O) groups is 1. The van der Waals surface area contributed by atoms with Crippen molar-refractivity contribution < 1.29 is 18.3 Å². The van der Waals surface area contributed by atoms with Gasteiger partial charge in [-0.05, 0) is 17.7 Å². The zero-order valence-corrected chi connectivity index (χ0v) is 7.80. The monoisotopic (exact) mass is 220 g/mol. The first kappa shape index (κ1) is 10.9. The van der Waals surface area contributed by atoms with E-state index in [2.05, 4.69) is 4.74 Å². The lowest BCUT2D eigenvalue weighted by Gasteiger charge is -2.05. The zero-order chi connectivity index (χ0) is 10.6. The highest BCUT2D eigenvalue weighted by atomic mass is 35.5. The topological polar surface area (TPSA) is 26.3 Å². The fourth-order valence-corrected chi connectivity index (χ4v) is 1.18. The van der Waals surface area contributed by atoms with Crippen molar-refractivity contribution in [3.8, 4) is 0 Å². The maximum absolute atomic E-state index is 12.3. The fourth-order valence-electron chi connectivity index (χ4n) is 0.980. The molecule has 14 heavy (non-hydrogen) atoms. The van der Waals surface area contributed by atoms with Crippen molar-refractivity contribution in [1.82, 2.24) is 0 Å². The molecule has 0 radical (unpaired) electrons. The van der Waals surface area contributed by atoms with E-state index in [0.717, 1.165) is 0 Å². The molecule has 0 saturated carbocycles. The standard InChI is InChI=1S/C9H7ClF2O2/c10-8-2-1-6(4-14-5-13)3-7(8)9(11)12/h1-3,5,9H,4H2. The highest BCUT2D eigenvalue weighted by Gasteiger charge is 2.12. The molecule has 1 aromatic carbocycles. The summed E-state index contributed by atoms with van der Waals surface area (Å²) in [6, 6.07) is 4.10. The van der Waals surface area contributed by atoms with Gasteiger partial charge in [-0.1, -0.05) is 17.7 Å². The molecule has 0 heterocycles. The smallest absolute Gasteiger partial charge is 0.293 e. The van der Waals surface area contributed by atoms with Gasteiger partial charge in [0.2, 0.25) is 0 Å². The molecule has 2 nitrogen and oxygen atoms in total. The quantitative estimate of drug-likeness (QED) is 0.730. The van der Waals surface area contributed by atoms with Crippen LogP contribution in [0, 0.1) is 0 Å². The molecule has 1 aromatic rings. The number of carbonyl (C=O) groups excluding carboxylic acids is 1. The molecule has 0 bridgehead atoms. The third-order valence-electron chi connectivity index (χ3n) is 1.61. The summed E-state index contributed by atoms with van der Waals surface area (Å²) in [5, 5.41) is 0.00912. The zero-order valence-electron chi connectivity index (χ0n) is 7.04. The number of benzene rings is 1. The Balaban J connectivity index is 2.88. The Labute approximate surface area is 84.4 Å². The summed E-state index contributed by atoms with van der Waals surface area (Å²) in [5.41, 5.74) is 0.232. The van der Waals surface area contributed by atoms with Crippen molar-refractivity contribution in [2.75, 3.05) is 0 Å². The predicted molar refractivity (Wildman–Crippen MR) is 47.3 cm³/mol. The first-order valence-corrected chi connectivity index (χ1v) is 4.14. The van der Waals surface area contributed by atoms with E-state index < -0.39 is 6.43 Å². The molecule has 0 aliphatic rings. The van der Waals surface area contributed by atoms with Crippen molar-refractivity contribution in [2.24, 2.45) is 0 Å². The van der Waals surface area contributed by atoms with E-state index in [-0.39, 0.29) is 23.7 Å². The van der Waals surface area contributed by atoms with Gasteiger partial charge in [0.25, 0.3) is 12.9 Å². The van der Waals surface area contributed by atoms with Crippen molar-refractivity contribution in [1.29, 1.82) is 0 Å². The van der Waals surface area contributed by atoms with Crippen LogP contribution in [-0.4, -0.2) is 6.47 Å². The molecule has 5 heteroatoms. The molecule has 0 aliphatic heterocycles. The minimum Gasteiger partial charge on any atom is -0.463 e. The molecule has 0 atom stereocenters. The molecule has 0 aromatic heterocycles. The highest BCUT2D eigenvalue weighted by Crippen LogP contribution is 2.27. The lowest BCUT2D eigenvalue weighted by atomic mass is 10.1. The first-order valence-electron chi connectivity index (χ1n) is 3.77. The third kappa shape index (κ3) is 2.67.